The summed E-state index contributed by atoms with van der Waals surface area (Å²) in [4.78, 5) is 2.35. The average Bonchev–Trinajstić information content (AvgIpc) is 2.62. The molecule has 1 fully saturated rings. The molecular formula is C12H22N2. The Morgan fingerprint density at radius 3 is 2.79 bits per heavy atom. The van der Waals surface area contributed by atoms with E-state index in [9.17, 15) is 0 Å². The summed E-state index contributed by atoms with van der Waals surface area (Å²) in [5.74, 6) is 0. The Hall–Kier alpha value is -0.920. The molecule has 0 spiro atoms. The molecule has 0 aromatic carbocycles. The molecule has 1 unspecified atom stereocenters. The zero-order valence-corrected chi connectivity index (χ0v) is 9.47. The van der Waals surface area contributed by atoms with E-state index in [1.165, 1.54) is 12.8 Å². The lowest BCUT2D eigenvalue weighted by Crippen LogP contribution is -2.34. The Morgan fingerprint density at radius 1 is 1.50 bits per heavy atom. The van der Waals surface area contributed by atoms with Crippen molar-refractivity contribution in [3.05, 3.63) is 24.6 Å². The van der Waals surface area contributed by atoms with Crippen LogP contribution in [-0.4, -0.2) is 24.0 Å². The third-order valence-corrected chi connectivity index (χ3v) is 2.75. The van der Waals surface area contributed by atoms with Crippen LogP contribution in [0.1, 0.15) is 33.1 Å². The predicted molar refractivity (Wildman–Crippen MR) is 62.0 cm³/mol. The molecule has 1 aliphatic heterocycles. The van der Waals surface area contributed by atoms with Crippen LogP contribution in [0.25, 0.3) is 0 Å². The lowest BCUT2D eigenvalue weighted by molar-refractivity contribution is 0.345. The van der Waals surface area contributed by atoms with Crippen LogP contribution in [0.2, 0.25) is 0 Å². The van der Waals surface area contributed by atoms with Crippen LogP contribution in [0.3, 0.4) is 0 Å². The molecule has 1 saturated heterocycles. The molecule has 0 radical (unpaired) electrons. The zero-order valence-electron chi connectivity index (χ0n) is 9.47. The number of likely N-dealkylation sites (tertiary alicyclic amines) is 1. The molecule has 2 heteroatoms. The van der Waals surface area contributed by atoms with Gasteiger partial charge >= 0.3 is 0 Å². The van der Waals surface area contributed by atoms with Crippen molar-refractivity contribution in [2.24, 2.45) is 0 Å². The summed E-state index contributed by atoms with van der Waals surface area (Å²) in [7, 11) is 0. The molecular weight excluding hydrogens is 172 g/mol. The van der Waals surface area contributed by atoms with Crippen LogP contribution in [0.5, 0.6) is 0 Å². The van der Waals surface area contributed by atoms with Gasteiger partial charge in [-0.05, 0) is 26.2 Å². The zero-order chi connectivity index (χ0) is 10.6. The molecule has 0 aliphatic carbocycles. The smallest absolute Gasteiger partial charge is 0.0679 e. The van der Waals surface area contributed by atoms with Crippen molar-refractivity contribution in [3.63, 3.8) is 0 Å². The van der Waals surface area contributed by atoms with Crippen LogP contribution in [0.15, 0.2) is 24.6 Å². The fourth-order valence-corrected chi connectivity index (χ4v) is 1.99. The van der Waals surface area contributed by atoms with Gasteiger partial charge in [0, 0.05) is 24.5 Å². The summed E-state index contributed by atoms with van der Waals surface area (Å²) in [5, 5.41) is 3.38. The molecule has 1 aliphatic rings. The molecule has 1 N–H and O–H groups in total. The highest BCUT2D eigenvalue weighted by Crippen LogP contribution is 2.24. The van der Waals surface area contributed by atoms with Gasteiger partial charge in [-0.15, -0.1) is 0 Å². The fourth-order valence-electron chi connectivity index (χ4n) is 1.99. The summed E-state index contributed by atoms with van der Waals surface area (Å²) < 4.78 is 0. The summed E-state index contributed by atoms with van der Waals surface area (Å²) in [5.41, 5.74) is 2.32. The van der Waals surface area contributed by atoms with Crippen molar-refractivity contribution in [2.75, 3.05) is 13.1 Å². The molecule has 0 amide bonds. The molecule has 0 aromatic heterocycles. The highest BCUT2D eigenvalue weighted by atomic mass is 15.2. The Bertz CT molecular complexity index is 220. The first-order chi connectivity index (χ1) is 6.66. The second-order valence-corrected chi connectivity index (χ2v) is 4.04. The summed E-state index contributed by atoms with van der Waals surface area (Å²) >= 11 is 0. The quantitative estimate of drug-likeness (QED) is 0.723. The van der Waals surface area contributed by atoms with E-state index in [1.54, 1.807) is 0 Å². The van der Waals surface area contributed by atoms with E-state index in [4.69, 9.17) is 0 Å². The number of rotatable bonds is 5. The number of allylic oxidation sites excluding steroid dienone is 1. The molecule has 14 heavy (non-hydrogen) atoms. The molecule has 2 nitrogen and oxygen atoms in total. The van der Waals surface area contributed by atoms with Crippen LogP contribution >= 0.6 is 0 Å². The van der Waals surface area contributed by atoms with Gasteiger partial charge in [0.25, 0.3) is 0 Å². The van der Waals surface area contributed by atoms with Gasteiger partial charge in [-0.25, -0.2) is 0 Å². The topological polar surface area (TPSA) is 15.3 Å². The third kappa shape index (κ3) is 2.53. The standard InChI is InChI=1S/C12H22N2/c1-5-8-13-11(4)12-7-6-9-14(12)10(2)3/h12-13H,2,4-9H2,1,3H3. The second kappa shape index (κ2) is 5.08. The number of nitrogens with zero attached hydrogens (tertiary/aromatic N) is 1. The number of hydrogen-bond acceptors (Lipinski definition) is 2. The third-order valence-electron chi connectivity index (χ3n) is 2.75. The lowest BCUT2D eigenvalue weighted by Gasteiger charge is -2.28. The van der Waals surface area contributed by atoms with Crippen LogP contribution in [-0.2, 0) is 0 Å². The van der Waals surface area contributed by atoms with Crippen molar-refractivity contribution < 1.29 is 0 Å². The second-order valence-electron chi connectivity index (χ2n) is 4.04. The molecule has 0 saturated carbocycles. The van der Waals surface area contributed by atoms with Gasteiger partial charge in [0.05, 0.1) is 6.04 Å². The molecule has 0 aromatic rings. The number of hydrogen-bond donors (Lipinski definition) is 1. The summed E-state index contributed by atoms with van der Waals surface area (Å²) in [6.45, 7) is 14.5. The Morgan fingerprint density at radius 2 is 2.21 bits per heavy atom. The van der Waals surface area contributed by atoms with Gasteiger partial charge in [-0.2, -0.15) is 0 Å². The van der Waals surface area contributed by atoms with E-state index in [2.05, 4.69) is 37.2 Å². The summed E-state index contributed by atoms with van der Waals surface area (Å²) in [6, 6.07) is 0.471. The van der Waals surface area contributed by atoms with Gasteiger partial charge in [0.15, 0.2) is 0 Å². The van der Waals surface area contributed by atoms with Gasteiger partial charge < -0.3 is 10.2 Å². The average molecular weight is 194 g/mol. The van der Waals surface area contributed by atoms with Crippen LogP contribution < -0.4 is 5.32 Å². The molecule has 80 valence electrons. The molecule has 0 bridgehead atoms. The Kier molecular flexibility index (Phi) is 4.05. The molecule has 1 atom stereocenters. The van der Waals surface area contributed by atoms with Crippen molar-refractivity contribution in [1.29, 1.82) is 0 Å². The normalized spacial score (nSPS) is 21.0. The van der Waals surface area contributed by atoms with E-state index >= 15 is 0 Å². The maximum absolute atomic E-state index is 4.11. The minimum atomic E-state index is 0.471. The van der Waals surface area contributed by atoms with Crippen LogP contribution in [0.4, 0.5) is 0 Å². The predicted octanol–water partition coefficient (Wildman–Crippen LogP) is 2.50. The highest BCUT2D eigenvalue weighted by molar-refractivity contribution is 5.11. The number of nitrogens with one attached hydrogen (secondary N) is 1. The van der Waals surface area contributed by atoms with Crippen molar-refractivity contribution in [3.8, 4) is 0 Å². The maximum atomic E-state index is 4.11. The lowest BCUT2D eigenvalue weighted by atomic mass is 10.1. The minimum absolute atomic E-state index is 0.471. The highest BCUT2D eigenvalue weighted by Gasteiger charge is 2.25. The van der Waals surface area contributed by atoms with Crippen molar-refractivity contribution >= 4 is 0 Å². The SMILES string of the molecule is C=C(NCCC)C1CCCN1C(=C)C. The van der Waals surface area contributed by atoms with Crippen molar-refractivity contribution in [2.45, 2.75) is 39.2 Å². The Labute approximate surface area is 87.7 Å². The van der Waals surface area contributed by atoms with E-state index in [0.29, 0.717) is 6.04 Å². The minimum Gasteiger partial charge on any atom is -0.387 e. The van der Waals surface area contributed by atoms with E-state index in [0.717, 1.165) is 30.9 Å². The first-order valence-electron chi connectivity index (χ1n) is 5.51. The van der Waals surface area contributed by atoms with Gasteiger partial charge in [0.2, 0.25) is 0 Å². The van der Waals surface area contributed by atoms with Crippen molar-refractivity contribution in [1.82, 2.24) is 10.2 Å². The van der Waals surface area contributed by atoms with Gasteiger partial charge in [-0.3, -0.25) is 0 Å². The maximum Gasteiger partial charge on any atom is 0.0679 e. The van der Waals surface area contributed by atoms with Crippen LogP contribution in [0, 0.1) is 0 Å². The first-order valence-corrected chi connectivity index (χ1v) is 5.51. The first kappa shape index (κ1) is 11.2. The molecule has 1 rings (SSSR count). The fraction of sp³-hybridized carbons (Fsp3) is 0.667. The van der Waals surface area contributed by atoms with Gasteiger partial charge in [0.1, 0.15) is 0 Å². The molecule has 1 heterocycles. The monoisotopic (exact) mass is 194 g/mol. The summed E-state index contributed by atoms with van der Waals surface area (Å²) in [6.07, 6.45) is 3.62. The Balaban J connectivity index is 2.49. The largest absolute Gasteiger partial charge is 0.387 e. The van der Waals surface area contributed by atoms with E-state index in [-0.39, 0.29) is 0 Å². The van der Waals surface area contributed by atoms with E-state index < -0.39 is 0 Å². The van der Waals surface area contributed by atoms with Gasteiger partial charge in [-0.1, -0.05) is 20.1 Å². The van der Waals surface area contributed by atoms with E-state index in [1.807, 2.05) is 0 Å².